The quantitative estimate of drug-likeness (QED) is 0.271. The minimum atomic E-state index is -0.853. The number of anilines is 1. The fraction of sp³-hybridized carbons (Fsp3) is 0.154. The number of Topliss-reactive ketones (excluding diaryl/α,β-unsaturated/α-hetero) is 1. The molecule has 0 spiro atoms. The van der Waals surface area contributed by atoms with Gasteiger partial charge in [0.25, 0.3) is 11.7 Å². The zero-order valence-electron chi connectivity index (χ0n) is 18.2. The lowest BCUT2D eigenvalue weighted by Crippen LogP contribution is -2.30. The zero-order valence-corrected chi connectivity index (χ0v) is 19.7. The summed E-state index contributed by atoms with van der Waals surface area (Å²) in [4.78, 5) is 28.1. The first-order valence-corrected chi connectivity index (χ1v) is 11.0. The number of aryl methyl sites for hydroxylation is 2. The van der Waals surface area contributed by atoms with Gasteiger partial charge in [-0.1, -0.05) is 65.7 Å². The van der Waals surface area contributed by atoms with Crippen molar-refractivity contribution < 1.29 is 19.4 Å². The molecule has 1 heterocycles. The Hall–Kier alpha value is -3.28. The second-order valence-electron chi connectivity index (χ2n) is 7.84. The number of aliphatic hydroxyl groups excluding tert-OH is 1. The predicted molar refractivity (Wildman–Crippen MR) is 130 cm³/mol. The molecule has 0 aliphatic carbocycles. The number of ether oxygens (including phenoxy) is 1. The van der Waals surface area contributed by atoms with Gasteiger partial charge in [0, 0.05) is 10.7 Å². The molecule has 7 heteroatoms. The van der Waals surface area contributed by atoms with Crippen molar-refractivity contribution in [2.24, 2.45) is 0 Å². The van der Waals surface area contributed by atoms with Crippen LogP contribution in [-0.4, -0.2) is 23.9 Å². The molecule has 1 unspecified atom stereocenters. The van der Waals surface area contributed by atoms with E-state index in [2.05, 4.69) is 0 Å². The standard InChI is InChI=1S/C26H21Cl2NO4/c1-14-9-10-15(2)20(11-14)29-22(16-7-5-4-6-8-16)21(24(31)26(29)32)23(30)18-12-17(27)13-19(28)25(18)33-3/h4-13,22,30H,1-3H3/b23-21+. The van der Waals surface area contributed by atoms with Gasteiger partial charge in [-0.25, -0.2) is 0 Å². The number of benzene rings is 3. The van der Waals surface area contributed by atoms with E-state index in [4.69, 9.17) is 27.9 Å². The normalized spacial score (nSPS) is 17.5. The number of halogens is 2. The summed E-state index contributed by atoms with van der Waals surface area (Å²) < 4.78 is 5.37. The summed E-state index contributed by atoms with van der Waals surface area (Å²) in [5, 5.41) is 11.8. The summed E-state index contributed by atoms with van der Waals surface area (Å²) in [5.74, 6) is -1.79. The summed E-state index contributed by atoms with van der Waals surface area (Å²) in [6.45, 7) is 3.78. The van der Waals surface area contributed by atoms with Crippen molar-refractivity contribution in [2.75, 3.05) is 12.0 Å². The Bertz CT molecular complexity index is 1300. The number of carbonyl (C=O) groups excluding carboxylic acids is 2. The van der Waals surface area contributed by atoms with E-state index in [1.165, 1.54) is 24.1 Å². The number of amides is 1. The number of nitrogens with zero attached hydrogens (tertiary/aromatic N) is 1. The molecule has 1 aliphatic rings. The SMILES string of the molecule is COc1c(Cl)cc(Cl)cc1/C(O)=C1\C(=O)C(=O)N(c2cc(C)ccc2C)C1c1ccccc1. The highest BCUT2D eigenvalue weighted by Crippen LogP contribution is 2.45. The largest absolute Gasteiger partial charge is 0.507 e. The molecule has 1 saturated heterocycles. The van der Waals surface area contributed by atoms with Gasteiger partial charge >= 0.3 is 0 Å². The monoisotopic (exact) mass is 481 g/mol. The second-order valence-corrected chi connectivity index (χ2v) is 8.68. The number of methoxy groups -OCH3 is 1. The molecule has 4 rings (SSSR count). The molecule has 1 N–H and O–H groups in total. The molecule has 0 saturated carbocycles. The molecule has 1 aliphatic heterocycles. The fourth-order valence-corrected chi connectivity index (χ4v) is 4.67. The van der Waals surface area contributed by atoms with Crippen LogP contribution in [0.2, 0.25) is 10.0 Å². The van der Waals surface area contributed by atoms with Gasteiger partial charge in [0.15, 0.2) is 0 Å². The van der Waals surface area contributed by atoms with Crippen molar-refractivity contribution in [2.45, 2.75) is 19.9 Å². The molecule has 5 nitrogen and oxygen atoms in total. The van der Waals surface area contributed by atoms with Gasteiger partial charge in [-0.3, -0.25) is 14.5 Å². The molecule has 1 amide bonds. The first kappa shape index (κ1) is 22.9. The Kier molecular flexibility index (Phi) is 6.19. The molecule has 0 radical (unpaired) electrons. The Labute approximate surface area is 201 Å². The third-order valence-corrected chi connectivity index (χ3v) is 6.15. The highest BCUT2D eigenvalue weighted by atomic mass is 35.5. The summed E-state index contributed by atoms with van der Waals surface area (Å²) >= 11 is 12.4. The molecule has 0 bridgehead atoms. The van der Waals surface area contributed by atoms with E-state index >= 15 is 0 Å². The minimum Gasteiger partial charge on any atom is -0.507 e. The molecule has 3 aromatic carbocycles. The lowest BCUT2D eigenvalue weighted by molar-refractivity contribution is -0.132. The lowest BCUT2D eigenvalue weighted by Gasteiger charge is -2.27. The maximum atomic E-state index is 13.3. The van der Waals surface area contributed by atoms with Crippen LogP contribution in [0.15, 0.2) is 66.2 Å². The molecule has 168 valence electrons. The van der Waals surface area contributed by atoms with Crippen LogP contribution in [-0.2, 0) is 9.59 Å². The Balaban J connectivity index is 2.03. The topological polar surface area (TPSA) is 66.8 Å². The highest BCUT2D eigenvalue weighted by molar-refractivity contribution is 6.52. The van der Waals surface area contributed by atoms with E-state index in [0.29, 0.717) is 11.3 Å². The van der Waals surface area contributed by atoms with E-state index in [0.717, 1.165) is 11.1 Å². The van der Waals surface area contributed by atoms with Gasteiger partial charge in [-0.2, -0.15) is 0 Å². The van der Waals surface area contributed by atoms with Crippen LogP contribution in [0.5, 0.6) is 5.75 Å². The van der Waals surface area contributed by atoms with Crippen LogP contribution < -0.4 is 9.64 Å². The third-order valence-electron chi connectivity index (χ3n) is 5.65. The van der Waals surface area contributed by atoms with Crippen molar-refractivity contribution in [3.8, 4) is 5.75 Å². The van der Waals surface area contributed by atoms with Gasteiger partial charge in [-0.15, -0.1) is 0 Å². The highest BCUT2D eigenvalue weighted by Gasteiger charge is 2.47. The average molecular weight is 482 g/mol. The average Bonchev–Trinajstić information content (AvgIpc) is 3.05. The zero-order chi connectivity index (χ0) is 23.9. The molecule has 1 atom stereocenters. The summed E-state index contributed by atoms with van der Waals surface area (Å²) in [7, 11) is 1.40. The van der Waals surface area contributed by atoms with Crippen LogP contribution in [0, 0.1) is 13.8 Å². The lowest BCUT2D eigenvalue weighted by atomic mass is 9.94. The molecular weight excluding hydrogens is 461 g/mol. The molecular formula is C26H21Cl2NO4. The van der Waals surface area contributed by atoms with E-state index < -0.39 is 23.5 Å². The first-order chi connectivity index (χ1) is 15.7. The molecule has 1 fully saturated rings. The smallest absolute Gasteiger partial charge is 0.300 e. The van der Waals surface area contributed by atoms with Crippen molar-refractivity contribution in [3.63, 3.8) is 0 Å². The summed E-state index contributed by atoms with van der Waals surface area (Å²) in [5.41, 5.74) is 3.10. The molecule has 33 heavy (non-hydrogen) atoms. The summed E-state index contributed by atoms with van der Waals surface area (Å²) in [6.07, 6.45) is 0. The number of ketones is 1. The van der Waals surface area contributed by atoms with Crippen LogP contribution in [0.4, 0.5) is 5.69 Å². The van der Waals surface area contributed by atoms with Gasteiger partial charge in [0.1, 0.15) is 11.5 Å². The number of hydrogen-bond acceptors (Lipinski definition) is 4. The van der Waals surface area contributed by atoms with Crippen molar-refractivity contribution in [3.05, 3.63) is 98.5 Å². The number of rotatable bonds is 4. The van der Waals surface area contributed by atoms with Crippen LogP contribution in [0.25, 0.3) is 5.76 Å². The molecule has 3 aromatic rings. The van der Waals surface area contributed by atoms with E-state index in [9.17, 15) is 14.7 Å². The third kappa shape index (κ3) is 3.99. The van der Waals surface area contributed by atoms with Gasteiger partial charge in [0.05, 0.1) is 29.3 Å². The maximum Gasteiger partial charge on any atom is 0.300 e. The number of hydrogen-bond donors (Lipinski definition) is 1. The van der Waals surface area contributed by atoms with E-state index in [-0.39, 0.29) is 26.9 Å². The van der Waals surface area contributed by atoms with Crippen LogP contribution in [0.1, 0.15) is 28.3 Å². The maximum absolute atomic E-state index is 13.3. The van der Waals surface area contributed by atoms with Crippen LogP contribution >= 0.6 is 23.2 Å². The van der Waals surface area contributed by atoms with Gasteiger partial charge in [-0.05, 0) is 48.7 Å². The Morgan fingerprint density at radius 3 is 2.36 bits per heavy atom. The minimum absolute atomic E-state index is 0.0660. The Morgan fingerprint density at radius 2 is 1.70 bits per heavy atom. The second kappa shape index (κ2) is 8.93. The first-order valence-electron chi connectivity index (χ1n) is 10.2. The van der Waals surface area contributed by atoms with E-state index in [1.807, 2.05) is 62.4 Å². The van der Waals surface area contributed by atoms with Gasteiger partial charge in [0.2, 0.25) is 0 Å². The predicted octanol–water partition coefficient (Wildman–Crippen LogP) is 6.25. The van der Waals surface area contributed by atoms with Gasteiger partial charge < -0.3 is 9.84 Å². The van der Waals surface area contributed by atoms with Crippen molar-refractivity contribution >= 4 is 46.3 Å². The fourth-order valence-electron chi connectivity index (χ4n) is 4.10. The number of aliphatic hydroxyl groups is 1. The van der Waals surface area contributed by atoms with Crippen molar-refractivity contribution in [1.29, 1.82) is 0 Å². The summed E-state index contributed by atoms with van der Waals surface area (Å²) in [6, 6.07) is 16.9. The van der Waals surface area contributed by atoms with Crippen LogP contribution in [0.3, 0.4) is 0 Å². The van der Waals surface area contributed by atoms with Crippen molar-refractivity contribution in [1.82, 2.24) is 0 Å². The molecule has 0 aromatic heterocycles. The number of carbonyl (C=O) groups is 2. The van der Waals surface area contributed by atoms with E-state index in [1.54, 1.807) is 0 Å². The Morgan fingerprint density at radius 1 is 1.00 bits per heavy atom.